The molecule has 1 saturated heterocycles. The van der Waals surface area contributed by atoms with Crippen molar-refractivity contribution in [2.45, 2.75) is 51.7 Å². The van der Waals surface area contributed by atoms with Crippen LogP contribution in [-0.4, -0.2) is 61.8 Å². The number of halogens is 1. The normalized spacial score (nSPS) is 15.4. The Hall–Kier alpha value is -1.23. The zero-order chi connectivity index (χ0) is 21.7. The molecule has 1 aromatic heterocycles. The second kappa shape index (κ2) is 15.6. The molecule has 0 amide bonds. The molecule has 0 spiro atoms. The van der Waals surface area contributed by atoms with Crippen LogP contribution < -0.4 is 10.6 Å². The third-order valence-electron chi connectivity index (χ3n) is 5.56. The van der Waals surface area contributed by atoms with Crippen molar-refractivity contribution in [1.82, 2.24) is 20.5 Å². The van der Waals surface area contributed by atoms with E-state index in [1.54, 1.807) is 11.3 Å². The van der Waals surface area contributed by atoms with Gasteiger partial charge < -0.3 is 15.4 Å². The number of nitrogens with one attached hydrogen (secondary N) is 2. The van der Waals surface area contributed by atoms with Crippen molar-refractivity contribution >= 4 is 41.3 Å². The fourth-order valence-electron chi connectivity index (χ4n) is 3.74. The summed E-state index contributed by atoms with van der Waals surface area (Å²) in [5.41, 5.74) is 1.40. The lowest BCUT2D eigenvalue weighted by Gasteiger charge is -2.32. The standard InChI is InChI=1S/C24H37N5OS.HI/c1-3-22-18-28-23(31-22)10-14-27-24(25-2)26-13-7-17-30-21-11-15-29(16-12-21)19-20-8-5-4-6-9-20;/h4-6,8-9,18,21H,3,7,10-17,19H2,1-2H3,(H2,25,26,27);1H. The summed E-state index contributed by atoms with van der Waals surface area (Å²) in [5, 5.41) is 7.93. The van der Waals surface area contributed by atoms with Crippen LogP contribution in [0.15, 0.2) is 41.5 Å². The number of aryl methyl sites for hydroxylation is 1. The Morgan fingerprint density at radius 1 is 1.19 bits per heavy atom. The predicted octanol–water partition coefficient (Wildman–Crippen LogP) is 4.10. The van der Waals surface area contributed by atoms with E-state index in [-0.39, 0.29) is 24.0 Å². The van der Waals surface area contributed by atoms with Gasteiger partial charge in [0.25, 0.3) is 0 Å². The number of hydrogen-bond donors (Lipinski definition) is 2. The van der Waals surface area contributed by atoms with Crippen LogP contribution in [0.2, 0.25) is 0 Å². The Kier molecular flexibility index (Phi) is 13.2. The number of guanidine groups is 1. The van der Waals surface area contributed by atoms with E-state index in [2.05, 4.69) is 62.8 Å². The molecule has 2 heterocycles. The van der Waals surface area contributed by atoms with Gasteiger partial charge in [0.05, 0.1) is 11.1 Å². The molecule has 32 heavy (non-hydrogen) atoms. The summed E-state index contributed by atoms with van der Waals surface area (Å²) < 4.78 is 6.12. The highest BCUT2D eigenvalue weighted by Crippen LogP contribution is 2.16. The van der Waals surface area contributed by atoms with Gasteiger partial charge in [-0.2, -0.15) is 0 Å². The topological polar surface area (TPSA) is 61.8 Å². The number of thiazole rings is 1. The lowest BCUT2D eigenvalue weighted by atomic mass is 10.1. The molecular formula is C24H38IN5OS. The largest absolute Gasteiger partial charge is 0.378 e. The zero-order valence-electron chi connectivity index (χ0n) is 19.4. The van der Waals surface area contributed by atoms with Crippen LogP contribution in [-0.2, 0) is 24.1 Å². The first-order valence-electron chi connectivity index (χ1n) is 11.5. The molecule has 3 rings (SSSR count). The molecule has 0 radical (unpaired) electrons. The number of hydrogen-bond acceptors (Lipinski definition) is 5. The highest BCUT2D eigenvalue weighted by atomic mass is 127. The third-order valence-corrected chi connectivity index (χ3v) is 6.76. The van der Waals surface area contributed by atoms with Gasteiger partial charge in [-0.05, 0) is 31.2 Å². The molecule has 0 aliphatic carbocycles. The number of piperidine rings is 1. The Morgan fingerprint density at radius 2 is 1.94 bits per heavy atom. The first kappa shape index (κ1) is 27.0. The molecule has 1 aliphatic rings. The zero-order valence-corrected chi connectivity index (χ0v) is 22.5. The van der Waals surface area contributed by atoms with Crippen LogP contribution in [0.3, 0.4) is 0 Å². The van der Waals surface area contributed by atoms with Crippen LogP contribution >= 0.6 is 35.3 Å². The number of nitrogens with zero attached hydrogens (tertiary/aromatic N) is 3. The minimum Gasteiger partial charge on any atom is -0.378 e. The van der Waals surface area contributed by atoms with Gasteiger partial charge >= 0.3 is 0 Å². The number of rotatable bonds is 11. The maximum atomic E-state index is 6.12. The van der Waals surface area contributed by atoms with Gasteiger partial charge in [0.15, 0.2) is 5.96 Å². The summed E-state index contributed by atoms with van der Waals surface area (Å²) >= 11 is 1.80. The van der Waals surface area contributed by atoms with E-state index in [1.165, 1.54) is 15.4 Å². The van der Waals surface area contributed by atoms with Gasteiger partial charge in [-0.15, -0.1) is 35.3 Å². The summed E-state index contributed by atoms with van der Waals surface area (Å²) in [6.45, 7) is 7.96. The third kappa shape index (κ3) is 9.72. The molecule has 1 fully saturated rings. The van der Waals surface area contributed by atoms with Gasteiger partial charge in [0.2, 0.25) is 0 Å². The Morgan fingerprint density at radius 3 is 2.62 bits per heavy atom. The van der Waals surface area contributed by atoms with Crippen molar-refractivity contribution < 1.29 is 4.74 Å². The Balaban J connectivity index is 0.00000363. The number of aromatic nitrogens is 1. The number of benzene rings is 1. The average molecular weight is 572 g/mol. The molecule has 178 valence electrons. The highest BCUT2D eigenvalue weighted by Gasteiger charge is 2.19. The van der Waals surface area contributed by atoms with Crippen molar-refractivity contribution in [3.05, 3.63) is 52.0 Å². The van der Waals surface area contributed by atoms with Crippen molar-refractivity contribution in [3.8, 4) is 0 Å². The minimum absolute atomic E-state index is 0. The molecule has 0 bridgehead atoms. The van der Waals surface area contributed by atoms with Crippen LogP contribution in [0.1, 0.15) is 41.6 Å². The maximum absolute atomic E-state index is 6.12. The van der Waals surface area contributed by atoms with Crippen LogP contribution in [0.25, 0.3) is 0 Å². The van der Waals surface area contributed by atoms with Gasteiger partial charge in [0.1, 0.15) is 0 Å². The lowest BCUT2D eigenvalue weighted by Crippen LogP contribution is -2.39. The number of aliphatic imine (C=N–C) groups is 1. The quantitative estimate of drug-likeness (QED) is 0.184. The molecule has 0 atom stereocenters. The maximum Gasteiger partial charge on any atom is 0.190 e. The van der Waals surface area contributed by atoms with Crippen LogP contribution in [0.4, 0.5) is 0 Å². The summed E-state index contributed by atoms with van der Waals surface area (Å²) in [5.74, 6) is 0.849. The van der Waals surface area contributed by atoms with Crippen LogP contribution in [0, 0.1) is 0 Å². The molecule has 2 aromatic rings. The smallest absolute Gasteiger partial charge is 0.190 e. The summed E-state index contributed by atoms with van der Waals surface area (Å²) in [6.07, 6.45) is 7.61. The predicted molar refractivity (Wildman–Crippen MR) is 145 cm³/mol. The van der Waals surface area contributed by atoms with E-state index in [0.29, 0.717) is 6.10 Å². The average Bonchev–Trinajstić information content (AvgIpc) is 3.27. The Bertz CT molecular complexity index is 778. The summed E-state index contributed by atoms with van der Waals surface area (Å²) in [7, 11) is 1.81. The molecule has 0 unspecified atom stereocenters. The van der Waals surface area contributed by atoms with E-state index < -0.39 is 0 Å². The highest BCUT2D eigenvalue weighted by molar-refractivity contribution is 14.0. The van der Waals surface area contributed by atoms with Crippen molar-refractivity contribution in [1.29, 1.82) is 0 Å². The second-order valence-corrected chi connectivity index (χ2v) is 9.13. The molecule has 2 N–H and O–H groups in total. The molecule has 0 saturated carbocycles. The van der Waals surface area contributed by atoms with Crippen molar-refractivity contribution in [2.24, 2.45) is 4.99 Å². The first-order valence-corrected chi connectivity index (χ1v) is 12.3. The Labute approximate surface area is 214 Å². The number of likely N-dealkylation sites (tertiary alicyclic amines) is 1. The SMILES string of the molecule is CCc1cnc(CCNC(=NC)NCCCOC2CCN(Cc3ccccc3)CC2)s1.I. The van der Waals surface area contributed by atoms with Gasteiger partial charge in [-0.1, -0.05) is 37.3 Å². The molecular weight excluding hydrogens is 533 g/mol. The molecule has 8 heteroatoms. The summed E-state index contributed by atoms with van der Waals surface area (Å²) in [4.78, 5) is 12.6. The van der Waals surface area contributed by atoms with E-state index in [0.717, 1.165) is 77.4 Å². The summed E-state index contributed by atoms with van der Waals surface area (Å²) in [6, 6.07) is 10.7. The monoisotopic (exact) mass is 571 g/mol. The second-order valence-electron chi connectivity index (χ2n) is 7.94. The van der Waals surface area contributed by atoms with Crippen molar-refractivity contribution in [2.75, 3.05) is 39.8 Å². The van der Waals surface area contributed by atoms with Crippen molar-refractivity contribution in [3.63, 3.8) is 0 Å². The minimum atomic E-state index is 0. The molecule has 6 nitrogen and oxygen atoms in total. The van der Waals surface area contributed by atoms with E-state index in [1.807, 2.05) is 13.2 Å². The first-order chi connectivity index (χ1) is 15.3. The molecule has 1 aliphatic heterocycles. The van der Waals surface area contributed by atoms with Gasteiger partial charge in [0, 0.05) is 63.9 Å². The van der Waals surface area contributed by atoms with Gasteiger partial charge in [-0.3, -0.25) is 9.89 Å². The fourth-order valence-corrected chi connectivity index (χ4v) is 4.60. The lowest BCUT2D eigenvalue weighted by molar-refractivity contribution is 0.00534. The van der Waals surface area contributed by atoms with Gasteiger partial charge in [-0.25, -0.2) is 4.98 Å². The van der Waals surface area contributed by atoms with Crippen LogP contribution in [0.5, 0.6) is 0 Å². The molecule has 1 aromatic carbocycles. The van der Waals surface area contributed by atoms with E-state index in [4.69, 9.17) is 4.74 Å². The fraction of sp³-hybridized carbons (Fsp3) is 0.583. The van der Waals surface area contributed by atoms with E-state index >= 15 is 0 Å². The van der Waals surface area contributed by atoms with E-state index in [9.17, 15) is 0 Å². The number of ether oxygens (including phenoxy) is 1.